The second-order valence-electron chi connectivity index (χ2n) is 0.298. The van der Waals surface area contributed by atoms with Crippen LogP contribution in [0.25, 0.3) is 0 Å². The maximum absolute atomic E-state index is 8.25. The molecule has 0 saturated carbocycles. The Labute approximate surface area is 49.5 Å². The van der Waals surface area contributed by atoms with Gasteiger partial charge in [0, 0.05) is 0 Å². The summed E-state index contributed by atoms with van der Waals surface area (Å²) in [6, 6.07) is 0. The van der Waals surface area contributed by atoms with E-state index in [9.17, 15) is 0 Å². The highest BCUT2D eigenvalue weighted by Gasteiger charge is 1.45. The molecule has 9 heteroatoms. The fourth-order valence-corrected chi connectivity index (χ4v) is 0. The van der Waals surface area contributed by atoms with Crippen molar-refractivity contribution in [3.63, 3.8) is 0 Å². The smallest absolute Gasteiger partial charge is 0.0689 e. The molecule has 0 atom stereocenters. The molecule has 0 heterocycles. The van der Waals surface area contributed by atoms with E-state index in [2.05, 4.69) is 0 Å². The molecule has 0 radical (unpaired) electrons. The zero-order valence-corrected chi connectivity index (χ0v) is 4.94. The van der Waals surface area contributed by atoms with Crippen LogP contribution in [0.4, 0.5) is 0 Å². The third kappa shape index (κ3) is 60.8. The van der Waals surface area contributed by atoms with E-state index in [1.165, 1.54) is 0 Å². The summed E-state index contributed by atoms with van der Waals surface area (Å²) in [5.74, 6) is 0. The Hall–Kier alpha value is -1.48. The lowest BCUT2D eigenvalue weighted by Crippen LogP contribution is -1.74. The summed E-state index contributed by atoms with van der Waals surface area (Å²) in [6.07, 6.45) is 0. The molecule has 0 bridgehead atoms. The highest BCUT2D eigenvalue weighted by molar-refractivity contribution is 4.21. The van der Waals surface area contributed by atoms with Gasteiger partial charge in [0.05, 0.1) is 5.09 Å². The van der Waals surface area contributed by atoms with Gasteiger partial charge in [-0.2, -0.15) is 0 Å². The summed E-state index contributed by atoms with van der Waals surface area (Å²) in [5.41, 5.74) is 0. The molecule has 8 N–H and O–H groups in total. The molecular formula is H8N4O5. The third-order valence-electron chi connectivity index (χ3n) is 0. The predicted molar refractivity (Wildman–Crippen MR) is 31.5 cm³/mol. The normalized spacial score (nSPS) is 4.00. The van der Waals surface area contributed by atoms with Gasteiger partial charge in [-0.3, -0.25) is 0 Å². The highest BCUT2D eigenvalue weighted by Crippen LogP contribution is 1.44. The van der Waals surface area contributed by atoms with Crippen LogP contribution < -0.4 is 12.3 Å². The van der Waals surface area contributed by atoms with Crippen LogP contribution in [-0.2, 0) is 0 Å². The van der Waals surface area contributed by atoms with Crippen molar-refractivity contribution in [3.05, 3.63) is 25.4 Å². The van der Waals surface area contributed by atoms with Crippen molar-refractivity contribution in [2.24, 2.45) is 5.34 Å². The fraction of sp³-hybridized carbons (Fsp3) is 0. The average Bonchev–Trinajstić information content (AvgIpc) is 1.33. The van der Waals surface area contributed by atoms with Gasteiger partial charge in [0.25, 0.3) is 0 Å². The first-order chi connectivity index (χ1) is 3.15. The SMILES string of the molecule is O=N[O-].O=[N+]([O-])[O-].[NH4+].[NH4+]. The van der Waals surface area contributed by atoms with Crippen molar-refractivity contribution in [1.82, 2.24) is 12.3 Å². The summed E-state index contributed by atoms with van der Waals surface area (Å²) < 4.78 is 0. The first-order valence-electron chi connectivity index (χ1n) is 0.913. The molecule has 0 aromatic carbocycles. The Morgan fingerprint density at radius 3 is 1.22 bits per heavy atom. The molecule has 0 aliphatic rings. The van der Waals surface area contributed by atoms with Gasteiger partial charge < -0.3 is 37.7 Å². The molecule has 0 saturated heterocycles. The Kier molecular flexibility index (Phi) is 89.7. The Bertz CT molecular complexity index is 56.0. The van der Waals surface area contributed by atoms with Crippen LogP contribution in [0.5, 0.6) is 0 Å². The summed E-state index contributed by atoms with van der Waals surface area (Å²) in [6.45, 7) is 0. The second kappa shape index (κ2) is 31.3. The lowest BCUT2D eigenvalue weighted by molar-refractivity contribution is -0.402. The molecule has 0 aromatic heterocycles. The predicted octanol–water partition coefficient (Wildman–Crippen LogP) is 0.764. The molecule has 9 heavy (non-hydrogen) atoms. The van der Waals surface area contributed by atoms with E-state index in [-0.39, 0.29) is 12.3 Å². The fourth-order valence-electron chi connectivity index (χ4n) is 0. The second-order valence-corrected chi connectivity index (χ2v) is 0.298. The van der Waals surface area contributed by atoms with E-state index in [4.69, 9.17) is 25.4 Å². The number of rotatable bonds is 0. The quantitative estimate of drug-likeness (QED) is 0.287. The topological polar surface area (TPSA) is 192 Å². The molecular weight excluding hydrogens is 136 g/mol. The zero-order valence-electron chi connectivity index (χ0n) is 4.94. The number of nitrogens with zero attached hydrogens (tertiary/aromatic N) is 2. The van der Waals surface area contributed by atoms with E-state index >= 15 is 0 Å². The van der Waals surface area contributed by atoms with Crippen molar-refractivity contribution in [2.45, 2.75) is 0 Å². The van der Waals surface area contributed by atoms with Crippen LogP contribution in [0.2, 0.25) is 0 Å². The van der Waals surface area contributed by atoms with Crippen LogP contribution in [0, 0.1) is 25.4 Å². The van der Waals surface area contributed by atoms with Gasteiger partial charge in [-0.1, -0.05) is 0 Å². The van der Waals surface area contributed by atoms with Crippen LogP contribution in [0.15, 0.2) is 5.34 Å². The Balaban J connectivity index is -0.0000000233. The van der Waals surface area contributed by atoms with Gasteiger partial charge in [0.1, 0.15) is 0 Å². The molecule has 0 rings (SSSR count). The standard InChI is InChI=1S/NO3.HNO2.2H3N/c2-1(3)4;2-1-3;;/h;(H,2,3);2*1H3/q-1;;;/p+1. The van der Waals surface area contributed by atoms with Gasteiger partial charge in [-0.15, -0.1) is 5.34 Å². The molecule has 0 unspecified atom stereocenters. The maximum atomic E-state index is 8.25. The van der Waals surface area contributed by atoms with Crippen molar-refractivity contribution in [2.75, 3.05) is 0 Å². The molecule has 0 aliphatic carbocycles. The van der Waals surface area contributed by atoms with Crippen molar-refractivity contribution >= 4 is 0 Å². The lowest BCUT2D eigenvalue weighted by atomic mass is 13.1. The van der Waals surface area contributed by atoms with Crippen LogP contribution in [0.3, 0.4) is 0 Å². The summed E-state index contributed by atoms with van der Waals surface area (Å²) in [5, 5.41) is 23.8. The maximum Gasteiger partial charge on any atom is 0.0689 e. The monoisotopic (exact) mass is 144 g/mol. The molecule has 0 fully saturated rings. The lowest BCUT2D eigenvalue weighted by Gasteiger charge is -1.74. The molecule has 0 amide bonds. The third-order valence-corrected chi connectivity index (χ3v) is 0. The molecule has 0 spiro atoms. The Morgan fingerprint density at radius 1 is 1.22 bits per heavy atom. The van der Waals surface area contributed by atoms with Crippen molar-refractivity contribution in [1.29, 1.82) is 0 Å². The van der Waals surface area contributed by atoms with E-state index in [1.54, 1.807) is 0 Å². The van der Waals surface area contributed by atoms with Gasteiger partial charge in [-0.05, 0) is 0 Å². The summed E-state index contributed by atoms with van der Waals surface area (Å²) in [7, 11) is 0. The Morgan fingerprint density at radius 2 is 1.22 bits per heavy atom. The largest absolute Gasteiger partial charge is 0.444 e. The van der Waals surface area contributed by atoms with Gasteiger partial charge >= 0.3 is 0 Å². The first-order valence-corrected chi connectivity index (χ1v) is 0.913. The minimum Gasteiger partial charge on any atom is -0.444 e. The van der Waals surface area contributed by atoms with Crippen LogP contribution in [-0.4, -0.2) is 5.09 Å². The average molecular weight is 144 g/mol. The number of quaternary nitrogens is 2. The van der Waals surface area contributed by atoms with E-state index in [1.807, 2.05) is 0 Å². The van der Waals surface area contributed by atoms with Crippen LogP contribution in [0.1, 0.15) is 0 Å². The highest BCUT2D eigenvalue weighted by atomic mass is 16.9. The first kappa shape index (κ1) is 25.8. The van der Waals surface area contributed by atoms with Crippen LogP contribution >= 0.6 is 0 Å². The minimum atomic E-state index is -1.75. The summed E-state index contributed by atoms with van der Waals surface area (Å²) >= 11 is 0. The molecule has 9 nitrogen and oxygen atoms in total. The van der Waals surface area contributed by atoms with Gasteiger partial charge in [-0.25, -0.2) is 0 Å². The van der Waals surface area contributed by atoms with Gasteiger partial charge in [0.15, 0.2) is 0 Å². The van der Waals surface area contributed by atoms with Gasteiger partial charge in [0.2, 0.25) is 0 Å². The molecule has 0 aliphatic heterocycles. The number of hydrogen-bond acceptors (Lipinski definition) is 6. The molecule has 58 valence electrons. The minimum absolute atomic E-state index is 0. The van der Waals surface area contributed by atoms with E-state index < -0.39 is 5.09 Å². The molecule has 0 aromatic rings. The number of hydrogen-bond donors (Lipinski definition) is 2. The van der Waals surface area contributed by atoms with E-state index in [0.29, 0.717) is 0 Å². The summed E-state index contributed by atoms with van der Waals surface area (Å²) in [4.78, 5) is 16.2. The van der Waals surface area contributed by atoms with E-state index in [0.717, 1.165) is 5.34 Å². The zero-order chi connectivity index (χ0) is 6.28. The van der Waals surface area contributed by atoms with Crippen molar-refractivity contribution in [3.8, 4) is 0 Å². The van der Waals surface area contributed by atoms with Crippen molar-refractivity contribution < 1.29 is 5.09 Å².